The van der Waals surface area contributed by atoms with Crippen LogP contribution in [0.15, 0.2) is 18.3 Å². The first-order chi connectivity index (χ1) is 7.02. The Labute approximate surface area is 100 Å². The third-order valence-electron chi connectivity index (χ3n) is 2.13. The molecule has 0 aromatic carbocycles. The minimum Gasteiger partial charge on any atom is -0.393 e. The third kappa shape index (κ3) is 3.32. The van der Waals surface area contributed by atoms with Crippen LogP contribution >= 0.6 is 23.8 Å². The molecule has 5 heteroatoms. The van der Waals surface area contributed by atoms with Crippen LogP contribution in [0.25, 0.3) is 0 Å². The first kappa shape index (κ1) is 12.2. The molecule has 1 heterocycles. The summed E-state index contributed by atoms with van der Waals surface area (Å²) in [6, 6.07) is 3.61. The summed E-state index contributed by atoms with van der Waals surface area (Å²) in [5, 5.41) is 0.634. The Morgan fingerprint density at radius 1 is 1.73 bits per heavy atom. The van der Waals surface area contributed by atoms with Gasteiger partial charge in [-0.25, -0.2) is 4.98 Å². The van der Waals surface area contributed by atoms with E-state index in [1.165, 1.54) is 0 Å². The summed E-state index contributed by atoms with van der Waals surface area (Å²) < 4.78 is 0. The van der Waals surface area contributed by atoms with Crippen molar-refractivity contribution < 1.29 is 0 Å². The maximum absolute atomic E-state index is 6.01. The van der Waals surface area contributed by atoms with Crippen LogP contribution in [0.4, 0.5) is 5.82 Å². The number of nitrogens with zero attached hydrogens (tertiary/aromatic N) is 2. The van der Waals surface area contributed by atoms with Crippen LogP contribution in [-0.2, 0) is 0 Å². The fourth-order valence-corrected chi connectivity index (χ4v) is 1.59. The van der Waals surface area contributed by atoms with Crippen LogP contribution in [0.5, 0.6) is 0 Å². The van der Waals surface area contributed by atoms with Gasteiger partial charge in [-0.2, -0.15) is 0 Å². The monoisotopic (exact) mass is 243 g/mol. The molecule has 15 heavy (non-hydrogen) atoms. The van der Waals surface area contributed by atoms with Crippen molar-refractivity contribution in [1.82, 2.24) is 4.98 Å². The molecule has 1 aromatic heterocycles. The molecule has 0 aliphatic rings. The molecule has 3 nitrogen and oxygen atoms in total. The van der Waals surface area contributed by atoms with Crippen molar-refractivity contribution in [2.75, 3.05) is 18.5 Å². The summed E-state index contributed by atoms with van der Waals surface area (Å²) in [5.41, 5.74) is 5.55. The summed E-state index contributed by atoms with van der Waals surface area (Å²) >= 11 is 10.9. The first-order valence-electron chi connectivity index (χ1n) is 4.63. The number of aromatic nitrogens is 1. The van der Waals surface area contributed by atoms with Gasteiger partial charge in [0.2, 0.25) is 0 Å². The van der Waals surface area contributed by atoms with Gasteiger partial charge in [-0.15, -0.1) is 0 Å². The smallest absolute Gasteiger partial charge is 0.147 e. The second-order valence-corrected chi connectivity index (χ2v) is 4.37. The number of hydrogen-bond donors (Lipinski definition) is 1. The van der Waals surface area contributed by atoms with Crippen molar-refractivity contribution >= 4 is 34.6 Å². The summed E-state index contributed by atoms with van der Waals surface area (Å²) in [6.45, 7) is 2.70. The summed E-state index contributed by atoms with van der Waals surface area (Å²) in [4.78, 5) is 6.66. The van der Waals surface area contributed by atoms with Gasteiger partial charge in [0.1, 0.15) is 5.82 Å². The summed E-state index contributed by atoms with van der Waals surface area (Å²) in [6.07, 6.45) is 1.71. The second kappa shape index (κ2) is 5.28. The van der Waals surface area contributed by atoms with Gasteiger partial charge in [-0.05, 0) is 12.1 Å². The molecule has 0 fully saturated rings. The van der Waals surface area contributed by atoms with E-state index in [2.05, 4.69) is 4.98 Å². The zero-order valence-electron chi connectivity index (χ0n) is 8.77. The number of anilines is 1. The Hall–Kier alpha value is -0.870. The van der Waals surface area contributed by atoms with E-state index < -0.39 is 0 Å². The van der Waals surface area contributed by atoms with E-state index in [1.54, 1.807) is 12.3 Å². The highest BCUT2D eigenvalue weighted by atomic mass is 35.5. The van der Waals surface area contributed by atoms with Crippen LogP contribution < -0.4 is 10.6 Å². The van der Waals surface area contributed by atoms with Gasteiger partial charge < -0.3 is 10.6 Å². The molecule has 0 aliphatic carbocycles. The zero-order chi connectivity index (χ0) is 11.4. The molecule has 0 saturated carbocycles. The van der Waals surface area contributed by atoms with Gasteiger partial charge in [0.05, 0.1) is 10.0 Å². The molecule has 0 bridgehead atoms. The number of pyridine rings is 1. The molecule has 1 unspecified atom stereocenters. The van der Waals surface area contributed by atoms with Crippen LogP contribution in [0.1, 0.15) is 6.92 Å². The molecule has 0 spiro atoms. The molecule has 1 atom stereocenters. The minimum atomic E-state index is 0.142. The minimum absolute atomic E-state index is 0.142. The third-order valence-corrected chi connectivity index (χ3v) is 2.83. The lowest BCUT2D eigenvalue weighted by Gasteiger charge is -2.22. The lowest BCUT2D eigenvalue weighted by Crippen LogP contribution is -2.31. The Balaban J connectivity index is 2.73. The quantitative estimate of drug-likeness (QED) is 0.823. The number of thiocarbonyl (C=S) groups is 1. The van der Waals surface area contributed by atoms with Crippen molar-refractivity contribution in [3.8, 4) is 0 Å². The van der Waals surface area contributed by atoms with Crippen molar-refractivity contribution in [2.45, 2.75) is 6.92 Å². The number of nitrogens with two attached hydrogens (primary N) is 1. The molecule has 1 aromatic rings. The van der Waals surface area contributed by atoms with Crippen LogP contribution in [-0.4, -0.2) is 23.6 Å². The van der Waals surface area contributed by atoms with E-state index in [0.29, 0.717) is 16.6 Å². The molecule has 0 aliphatic heterocycles. The average Bonchev–Trinajstić information content (AvgIpc) is 2.18. The van der Waals surface area contributed by atoms with Crippen molar-refractivity contribution in [2.24, 2.45) is 11.7 Å². The standard InChI is InChI=1S/C10H14ClN3S/c1-7(9(12)15)6-14(2)10-8(11)4-3-5-13-10/h3-5,7H,6H2,1-2H3,(H2,12,15). The molecule has 2 N–H and O–H groups in total. The van der Waals surface area contributed by atoms with E-state index in [4.69, 9.17) is 29.6 Å². The second-order valence-electron chi connectivity index (χ2n) is 3.49. The van der Waals surface area contributed by atoms with E-state index in [-0.39, 0.29) is 5.92 Å². The number of rotatable bonds is 4. The average molecular weight is 244 g/mol. The Bertz CT molecular complexity index is 356. The predicted molar refractivity (Wildman–Crippen MR) is 68.5 cm³/mol. The molecule has 1 rings (SSSR count). The Morgan fingerprint density at radius 2 is 2.40 bits per heavy atom. The van der Waals surface area contributed by atoms with Crippen LogP contribution in [0.2, 0.25) is 5.02 Å². The highest BCUT2D eigenvalue weighted by Gasteiger charge is 2.12. The fourth-order valence-electron chi connectivity index (χ4n) is 1.25. The maximum atomic E-state index is 6.01. The lowest BCUT2D eigenvalue weighted by atomic mass is 10.2. The lowest BCUT2D eigenvalue weighted by molar-refractivity contribution is 0.735. The predicted octanol–water partition coefficient (Wildman–Crippen LogP) is 2.09. The van der Waals surface area contributed by atoms with E-state index in [9.17, 15) is 0 Å². The fraction of sp³-hybridized carbons (Fsp3) is 0.400. The van der Waals surface area contributed by atoms with Gasteiger partial charge >= 0.3 is 0 Å². The van der Waals surface area contributed by atoms with Gasteiger partial charge in [-0.1, -0.05) is 30.7 Å². The van der Waals surface area contributed by atoms with E-state index in [0.717, 1.165) is 5.82 Å². The van der Waals surface area contributed by atoms with Crippen molar-refractivity contribution in [3.05, 3.63) is 23.4 Å². The SMILES string of the molecule is CC(CN(C)c1ncccc1Cl)C(N)=S. The van der Waals surface area contributed by atoms with E-state index in [1.807, 2.05) is 24.9 Å². The Kier molecular flexibility index (Phi) is 4.29. The highest BCUT2D eigenvalue weighted by molar-refractivity contribution is 7.80. The van der Waals surface area contributed by atoms with Gasteiger partial charge in [0, 0.05) is 25.7 Å². The molecular formula is C10H14ClN3S. The topological polar surface area (TPSA) is 42.2 Å². The van der Waals surface area contributed by atoms with Gasteiger partial charge in [0.15, 0.2) is 0 Å². The van der Waals surface area contributed by atoms with Crippen LogP contribution in [0, 0.1) is 5.92 Å². The zero-order valence-corrected chi connectivity index (χ0v) is 10.3. The summed E-state index contributed by atoms with van der Waals surface area (Å²) in [7, 11) is 1.92. The maximum Gasteiger partial charge on any atom is 0.147 e. The molecule has 0 saturated heterocycles. The van der Waals surface area contributed by atoms with E-state index >= 15 is 0 Å². The normalized spacial score (nSPS) is 12.2. The van der Waals surface area contributed by atoms with Crippen LogP contribution in [0.3, 0.4) is 0 Å². The molecule has 82 valence electrons. The largest absolute Gasteiger partial charge is 0.393 e. The molecular weight excluding hydrogens is 230 g/mol. The molecule has 0 amide bonds. The number of hydrogen-bond acceptors (Lipinski definition) is 3. The van der Waals surface area contributed by atoms with Gasteiger partial charge in [0.25, 0.3) is 0 Å². The number of halogens is 1. The molecule has 0 radical (unpaired) electrons. The van der Waals surface area contributed by atoms with Gasteiger partial charge in [-0.3, -0.25) is 0 Å². The van der Waals surface area contributed by atoms with Crippen molar-refractivity contribution in [1.29, 1.82) is 0 Å². The first-order valence-corrected chi connectivity index (χ1v) is 5.42. The van der Waals surface area contributed by atoms with Crippen molar-refractivity contribution in [3.63, 3.8) is 0 Å². The summed E-state index contributed by atoms with van der Waals surface area (Å²) in [5.74, 6) is 0.894. The Morgan fingerprint density at radius 3 is 2.93 bits per heavy atom. The highest BCUT2D eigenvalue weighted by Crippen LogP contribution is 2.21.